The maximum Gasteiger partial charge on any atom is 0.270 e. The van der Waals surface area contributed by atoms with Crippen LogP contribution >= 0.6 is 0 Å². The first-order valence-electron chi connectivity index (χ1n) is 9.49. The molecule has 0 bridgehead atoms. The molecule has 0 spiro atoms. The fraction of sp³-hybridized carbons (Fsp3) is 0.381. The number of para-hydroxylation sites is 1. The fourth-order valence-corrected chi connectivity index (χ4v) is 3.49. The average molecular weight is 363 g/mol. The lowest BCUT2D eigenvalue weighted by Crippen LogP contribution is -2.49. The molecule has 6 heteroatoms. The van der Waals surface area contributed by atoms with Gasteiger partial charge in [-0.25, -0.2) is 9.97 Å². The molecular weight excluding hydrogens is 338 g/mol. The number of benzene rings is 1. The molecule has 27 heavy (non-hydrogen) atoms. The molecule has 3 heterocycles. The quantitative estimate of drug-likeness (QED) is 0.775. The minimum absolute atomic E-state index is 0.0626. The number of H-pyrrole nitrogens is 1. The third kappa shape index (κ3) is 3.52. The third-order valence-electron chi connectivity index (χ3n) is 5.03. The van der Waals surface area contributed by atoms with E-state index in [9.17, 15) is 4.79 Å². The van der Waals surface area contributed by atoms with Crippen molar-refractivity contribution in [2.24, 2.45) is 0 Å². The van der Waals surface area contributed by atoms with E-state index in [2.05, 4.69) is 28.7 Å². The molecular formula is C21H25N5O. The van der Waals surface area contributed by atoms with Crippen LogP contribution in [0.3, 0.4) is 0 Å². The van der Waals surface area contributed by atoms with Crippen LogP contribution in [0, 0.1) is 6.92 Å². The van der Waals surface area contributed by atoms with Crippen molar-refractivity contribution in [1.29, 1.82) is 0 Å². The summed E-state index contributed by atoms with van der Waals surface area (Å²) >= 11 is 0. The molecule has 1 aromatic carbocycles. The van der Waals surface area contributed by atoms with Crippen LogP contribution in [0.1, 0.15) is 41.8 Å². The predicted octanol–water partition coefficient (Wildman–Crippen LogP) is 3.35. The number of carbonyl (C=O) groups excluding carboxylic acids is 1. The number of aromatic nitrogens is 3. The zero-order chi connectivity index (χ0) is 19.0. The van der Waals surface area contributed by atoms with Gasteiger partial charge in [0, 0.05) is 54.8 Å². The standard InChI is InChI=1S/C21H25N5O/c1-14(2)20-22-15(3)12-19(24-20)25-8-10-26(11-9-25)21(27)18-13-16-6-4-5-7-17(16)23-18/h4-7,12-14,23H,8-11H2,1-3H3. The molecule has 0 radical (unpaired) electrons. The van der Waals surface area contributed by atoms with Gasteiger partial charge >= 0.3 is 0 Å². The molecule has 0 unspecified atom stereocenters. The summed E-state index contributed by atoms with van der Waals surface area (Å²) in [5.41, 5.74) is 2.64. The second kappa shape index (κ2) is 7.02. The van der Waals surface area contributed by atoms with Gasteiger partial charge in [0.05, 0.1) is 0 Å². The molecule has 1 fully saturated rings. The first-order valence-corrected chi connectivity index (χ1v) is 9.49. The van der Waals surface area contributed by atoms with Crippen LogP contribution in [-0.4, -0.2) is 51.9 Å². The molecule has 1 N–H and O–H groups in total. The lowest BCUT2D eigenvalue weighted by molar-refractivity contribution is 0.0741. The molecule has 3 aromatic rings. The van der Waals surface area contributed by atoms with Gasteiger partial charge in [-0.3, -0.25) is 4.79 Å². The van der Waals surface area contributed by atoms with Crippen molar-refractivity contribution in [2.75, 3.05) is 31.1 Å². The number of carbonyl (C=O) groups is 1. The number of anilines is 1. The number of amides is 1. The summed E-state index contributed by atoms with van der Waals surface area (Å²) in [6.07, 6.45) is 0. The summed E-state index contributed by atoms with van der Waals surface area (Å²) in [6.45, 7) is 9.15. The average Bonchev–Trinajstić information content (AvgIpc) is 3.11. The Morgan fingerprint density at radius 2 is 1.81 bits per heavy atom. The number of fused-ring (bicyclic) bond motifs is 1. The minimum Gasteiger partial charge on any atom is -0.353 e. The molecule has 0 saturated carbocycles. The van der Waals surface area contributed by atoms with Crippen molar-refractivity contribution in [1.82, 2.24) is 19.9 Å². The van der Waals surface area contributed by atoms with Gasteiger partial charge in [-0.2, -0.15) is 0 Å². The zero-order valence-corrected chi connectivity index (χ0v) is 16.1. The summed E-state index contributed by atoms with van der Waals surface area (Å²) in [6, 6.07) is 11.9. The monoisotopic (exact) mass is 363 g/mol. The molecule has 6 nitrogen and oxygen atoms in total. The van der Waals surface area contributed by atoms with Gasteiger partial charge in [0.25, 0.3) is 5.91 Å². The second-order valence-corrected chi connectivity index (χ2v) is 7.43. The number of nitrogens with zero attached hydrogens (tertiary/aromatic N) is 4. The van der Waals surface area contributed by atoms with E-state index in [1.807, 2.05) is 48.2 Å². The molecule has 140 valence electrons. The number of hydrogen-bond donors (Lipinski definition) is 1. The number of piperazine rings is 1. The Morgan fingerprint density at radius 3 is 2.52 bits per heavy atom. The molecule has 1 aliphatic rings. The van der Waals surface area contributed by atoms with Gasteiger partial charge in [-0.1, -0.05) is 32.0 Å². The van der Waals surface area contributed by atoms with Crippen LogP contribution in [0.2, 0.25) is 0 Å². The van der Waals surface area contributed by atoms with Crippen LogP contribution in [-0.2, 0) is 0 Å². The number of nitrogens with one attached hydrogen (secondary N) is 1. The molecule has 0 atom stereocenters. The number of hydrogen-bond acceptors (Lipinski definition) is 4. The van der Waals surface area contributed by atoms with E-state index >= 15 is 0 Å². The topological polar surface area (TPSA) is 65.1 Å². The second-order valence-electron chi connectivity index (χ2n) is 7.43. The summed E-state index contributed by atoms with van der Waals surface area (Å²) in [7, 11) is 0. The van der Waals surface area contributed by atoms with Crippen LogP contribution in [0.4, 0.5) is 5.82 Å². The number of aryl methyl sites for hydroxylation is 1. The highest BCUT2D eigenvalue weighted by molar-refractivity contribution is 5.98. The molecule has 2 aromatic heterocycles. The Bertz CT molecular complexity index is 937. The van der Waals surface area contributed by atoms with E-state index in [4.69, 9.17) is 4.98 Å². The third-order valence-corrected chi connectivity index (χ3v) is 5.03. The largest absolute Gasteiger partial charge is 0.353 e. The molecule has 4 rings (SSSR count). The molecule has 1 amide bonds. The summed E-state index contributed by atoms with van der Waals surface area (Å²) in [5.74, 6) is 2.20. The first kappa shape index (κ1) is 17.5. The lowest BCUT2D eigenvalue weighted by atomic mass is 10.2. The molecule has 0 aliphatic carbocycles. The summed E-state index contributed by atoms with van der Waals surface area (Å²) < 4.78 is 0. The first-order chi connectivity index (χ1) is 13.0. The Morgan fingerprint density at radius 1 is 1.07 bits per heavy atom. The number of rotatable bonds is 3. The Hall–Kier alpha value is -2.89. The van der Waals surface area contributed by atoms with E-state index < -0.39 is 0 Å². The van der Waals surface area contributed by atoms with Crippen LogP contribution in [0.25, 0.3) is 10.9 Å². The van der Waals surface area contributed by atoms with Crippen molar-refractivity contribution in [3.8, 4) is 0 Å². The Kier molecular flexibility index (Phi) is 4.56. The summed E-state index contributed by atoms with van der Waals surface area (Å²) in [4.78, 5) is 29.5. The highest BCUT2D eigenvalue weighted by Gasteiger charge is 2.24. The van der Waals surface area contributed by atoms with Gasteiger partial charge in [-0.15, -0.1) is 0 Å². The van der Waals surface area contributed by atoms with Gasteiger partial charge in [0.15, 0.2) is 0 Å². The summed E-state index contributed by atoms with van der Waals surface area (Å²) in [5, 5.41) is 1.07. The van der Waals surface area contributed by atoms with Crippen molar-refractivity contribution in [2.45, 2.75) is 26.7 Å². The van der Waals surface area contributed by atoms with E-state index in [-0.39, 0.29) is 5.91 Å². The van der Waals surface area contributed by atoms with E-state index in [0.29, 0.717) is 24.7 Å². The van der Waals surface area contributed by atoms with Crippen molar-refractivity contribution < 1.29 is 4.79 Å². The fourth-order valence-electron chi connectivity index (χ4n) is 3.49. The van der Waals surface area contributed by atoms with Gasteiger partial charge < -0.3 is 14.8 Å². The van der Waals surface area contributed by atoms with Gasteiger partial charge in [0.2, 0.25) is 0 Å². The number of aromatic amines is 1. The van der Waals surface area contributed by atoms with Crippen LogP contribution in [0.5, 0.6) is 0 Å². The van der Waals surface area contributed by atoms with Crippen LogP contribution in [0.15, 0.2) is 36.4 Å². The smallest absolute Gasteiger partial charge is 0.270 e. The van der Waals surface area contributed by atoms with E-state index in [1.165, 1.54) is 0 Å². The maximum atomic E-state index is 12.9. The van der Waals surface area contributed by atoms with Crippen molar-refractivity contribution in [3.63, 3.8) is 0 Å². The predicted molar refractivity (Wildman–Crippen MR) is 107 cm³/mol. The van der Waals surface area contributed by atoms with Crippen molar-refractivity contribution in [3.05, 3.63) is 53.6 Å². The normalized spacial score (nSPS) is 15.0. The lowest BCUT2D eigenvalue weighted by Gasteiger charge is -2.35. The molecule has 1 aliphatic heterocycles. The Balaban J connectivity index is 1.46. The SMILES string of the molecule is Cc1cc(N2CCN(C(=O)c3cc4ccccc4[nH]3)CC2)nc(C(C)C)n1. The molecule has 1 saturated heterocycles. The zero-order valence-electron chi connectivity index (χ0n) is 16.1. The van der Waals surface area contributed by atoms with Gasteiger partial charge in [-0.05, 0) is 19.1 Å². The van der Waals surface area contributed by atoms with E-state index in [0.717, 1.165) is 41.3 Å². The minimum atomic E-state index is 0.0626. The maximum absolute atomic E-state index is 12.9. The highest BCUT2D eigenvalue weighted by Crippen LogP contribution is 2.20. The van der Waals surface area contributed by atoms with Crippen molar-refractivity contribution >= 4 is 22.6 Å². The Labute approximate surface area is 159 Å². The van der Waals surface area contributed by atoms with E-state index in [1.54, 1.807) is 0 Å². The van der Waals surface area contributed by atoms with Gasteiger partial charge in [0.1, 0.15) is 17.3 Å². The highest BCUT2D eigenvalue weighted by atomic mass is 16.2. The van der Waals surface area contributed by atoms with Crippen LogP contribution < -0.4 is 4.90 Å².